The zero-order chi connectivity index (χ0) is 12.6. The monoisotopic (exact) mass is 261 g/mol. The lowest BCUT2D eigenvalue weighted by Crippen LogP contribution is -2.55. The molecule has 1 aliphatic heterocycles. The highest BCUT2D eigenvalue weighted by atomic mass is 32.2. The molecular weight excluding hydrogens is 247 g/mol. The van der Waals surface area contributed by atoms with Crippen LogP contribution in [0.4, 0.5) is 13.2 Å². The number of hydrogen-bond acceptors (Lipinski definition) is 3. The Morgan fingerprint density at radius 3 is 1.94 bits per heavy atom. The van der Waals surface area contributed by atoms with Gasteiger partial charge in [0.1, 0.15) is 6.04 Å². The Bertz CT molecular complexity index is 335. The van der Waals surface area contributed by atoms with E-state index >= 15 is 0 Å². The molecule has 1 aliphatic rings. The molecule has 0 aromatic heterocycles. The summed E-state index contributed by atoms with van der Waals surface area (Å²) in [7, 11) is -3.79. The van der Waals surface area contributed by atoms with E-state index in [2.05, 4.69) is 0 Å². The van der Waals surface area contributed by atoms with E-state index in [1.807, 2.05) is 0 Å². The molecule has 0 amide bonds. The minimum absolute atomic E-state index is 0.000741. The van der Waals surface area contributed by atoms with Crippen LogP contribution in [-0.2, 0) is 10.2 Å². The number of piperazine rings is 1. The Hall–Kier alpha value is -0.380. The molecule has 0 unspecified atom stereocenters. The smallest absolute Gasteiger partial charge is 0.290 e. The summed E-state index contributed by atoms with van der Waals surface area (Å²) >= 11 is 0. The van der Waals surface area contributed by atoms with Crippen molar-refractivity contribution in [2.45, 2.75) is 19.1 Å². The molecule has 9 heteroatoms. The molecule has 1 rings (SSSR count). The van der Waals surface area contributed by atoms with Gasteiger partial charge in [-0.05, 0) is 6.92 Å². The van der Waals surface area contributed by atoms with Gasteiger partial charge in [-0.1, -0.05) is 0 Å². The first-order valence-electron chi connectivity index (χ1n) is 4.71. The van der Waals surface area contributed by atoms with Gasteiger partial charge in [-0.2, -0.15) is 25.9 Å². The maximum Gasteiger partial charge on any atom is 0.403 e. The number of nitrogens with zero attached hydrogens (tertiary/aromatic N) is 2. The largest absolute Gasteiger partial charge is 0.403 e. The van der Waals surface area contributed by atoms with Crippen molar-refractivity contribution < 1.29 is 21.6 Å². The van der Waals surface area contributed by atoms with E-state index in [0.717, 1.165) is 11.2 Å². The normalized spacial score (nSPS) is 23.3. The minimum Gasteiger partial charge on any atom is -0.290 e. The van der Waals surface area contributed by atoms with Crippen molar-refractivity contribution in [3.8, 4) is 0 Å². The Morgan fingerprint density at radius 2 is 1.62 bits per heavy atom. The fourth-order valence-electron chi connectivity index (χ4n) is 1.55. The van der Waals surface area contributed by atoms with Crippen molar-refractivity contribution >= 4 is 10.2 Å². The van der Waals surface area contributed by atoms with Crippen molar-refractivity contribution in [2.24, 2.45) is 5.14 Å². The maximum absolute atomic E-state index is 12.4. The SMILES string of the molecule is C[C@H](N1CCN(S(N)(=O)=O)CC1)C(F)(F)F. The van der Waals surface area contributed by atoms with Crippen LogP contribution in [0.15, 0.2) is 0 Å². The molecule has 16 heavy (non-hydrogen) atoms. The molecular formula is C7H14F3N3O2S. The van der Waals surface area contributed by atoms with E-state index in [4.69, 9.17) is 5.14 Å². The van der Waals surface area contributed by atoms with Crippen LogP contribution >= 0.6 is 0 Å². The van der Waals surface area contributed by atoms with Gasteiger partial charge in [-0.3, -0.25) is 4.90 Å². The quantitative estimate of drug-likeness (QED) is 0.746. The number of halogens is 3. The number of alkyl halides is 3. The molecule has 96 valence electrons. The lowest BCUT2D eigenvalue weighted by molar-refractivity contribution is -0.181. The zero-order valence-electron chi connectivity index (χ0n) is 8.74. The van der Waals surface area contributed by atoms with E-state index < -0.39 is 22.4 Å². The number of nitrogens with two attached hydrogens (primary N) is 1. The number of hydrogen-bond donors (Lipinski definition) is 1. The Labute approximate surface area is 92.2 Å². The second kappa shape index (κ2) is 4.47. The number of rotatable bonds is 2. The molecule has 0 aromatic carbocycles. The standard InChI is InChI=1S/C7H14F3N3O2S/c1-6(7(8,9)10)12-2-4-13(5-3-12)16(11,14)15/h6H,2-5H2,1H3,(H2,11,14,15)/t6-/m0/s1. The molecule has 1 fully saturated rings. The summed E-state index contributed by atoms with van der Waals surface area (Å²) in [5.74, 6) is 0. The summed E-state index contributed by atoms with van der Waals surface area (Å²) in [6.45, 7) is 1.14. The summed E-state index contributed by atoms with van der Waals surface area (Å²) < 4.78 is 59.9. The molecule has 0 aromatic rings. The predicted molar refractivity (Wildman–Crippen MR) is 51.8 cm³/mol. The molecule has 0 saturated carbocycles. The van der Waals surface area contributed by atoms with Gasteiger partial charge in [-0.15, -0.1) is 0 Å². The van der Waals surface area contributed by atoms with E-state index in [0.29, 0.717) is 0 Å². The van der Waals surface area contributed by atoms with Gasteiger partial charge in [0.2, 0.25) is 0 Å². The van der Waals surface area contributed by atoms with E-state index in [1.54, 1.807) is 0 Å². The van der Waals surface area contributed by atoms with Crippen LogP contribution in [0.1, 0.15) is 6.92 Å². The fraction of sp³-hybridized carbons (Fsp3) is 1.00. The summed E-state index contributed by atoms with van der Waals surface area (Å²) in [6, 6.07) is -1.56. The van der Waals surface area contributed by atoms with Crippen LogP contribution in [0.25, 0.3) is 0 Å². The summed E-state index contributed by atoms with van der Waals surface area (Å²) in [5.41, 5.74) is 0. The molecule has 0 aliphatic carbocycles. The molecule has 1 saturated heterocycles. The summed E-state index contributed by atoms with van der Waals surface area (Å²) in [5, 5.41) is 4.87. The molecule has 0 radical (unpaired) electrons. The van der Waals surface area contributed by atoms with Gasteiger partial charge in [0, 0.05) is 26.2 Å². The van der Waals surface area contributed by atoms with E-state index in [1.165, 1.54) is 4.90 Å². The molecule has 1 heterocycles. The Balaban J connectivity index is 2.56. The highest BCUT2D eigenvalue weighted by Gasteiger charge is 2.41. The minimum atomic E-state index is -4.29. The van der Waals surface area contributed by atoms with Crippen LogP contribution in [0.2, 0.25) is 0 Å². The Kier molecular flexibility index (Phi) is 3.83. The van der Waals surface area contributed by atoms with Crippen molar-refractivity contribution in [1.29, 1.82) is 0 Å². The third-order valence-electron chi connectivity index (χ3n) is 2.65. The molecule has 0 bridgehead atoms. The van der Waals surface area contributed by atoms with Crippen molar-refractivity contribution in [1.82, 2.24) is 9.21 Å². The first-order chi connectivity index (χ1) is 7.12. The van der Waals surface area contributed by atoms with Gasteiger partial charge in [-0.25, -0.2) is 5.14 Å². The van der Waals surface area contributed by atoms with Crippen molar-refractivity contribution in [3.05, 3.63) is 0 Å². The molecule has 5 nitrogen and oxygen atoms in total. The predicted octanol–water partition coefficient (Wildman–Crippen LogP) is -0.242. The van der Waals surface area contributed by atoms with Crippen LogP contribution in [-0.4, -0.2) is 56.0 Å². The fourth-order valence-corrected chi connectivity index (χ4v) is 2.22. The van der Waals surface area contributed by atoms with Crippen LogP contribution in [0.5, 0.6) is 0 Å². The Morgan fingerprint density at radius 1 is 1.19 bits per heavy atom. The van der Waals surface area contributed by atoms with E-state index in [-0.39, 0.29) is 26.2 Å². The molecule has 1 atom stereocenters. The van der Waals surface area contributed by atoms with Crippen LogP contribution < -0.4 is 5.14 Å². The molecule has 0 spiro atoms. The summed E-state index contributed by atoms with van der Waals surface area (Å²) in [6.07, 6.45) is -4.29. The highest BCUT2D eigenvalue weighted by molar-refractivity contribution is 7.86. The van der Waals surface area contributed by atoms with Crippen LogP contribution in [0.3, 0.4) is 0 Å². The summed E-state index contributed by atoms with van der Waals surface area (Å²) in [4.78, 5) is 1.20. The van der Waals surface area contributed by atoms with Gasteiger partial charge in [0.25, 0.3) is 10.2 Å². The van der Waals surface area contributed by atoms with Gasteiger partial charge >= 0.3 is 6.18 Å². The highest BCUT2D eigenvalue weighted by Crippen LogP contribution is 2.25. The average Bonchev–Trinajstić information content (AvgIpc) is 2.14. The molecule has 2 N–H and O–H groups in total. The lowest BCUT2D eigenvalue weighted by Gasteiger charge is -2.37. The van der Waals surface area contributed by atoms with Crippen molar-refractivity contribution in [3.63, 3.8) is 0 Å². The zero-order valence-corrected chi connectivity index (χ0v) is 9.55. The lowest BCUT2D eigenvalue weighted by atomic mass is 10.2. The van der Waals surface area contributed by atoms with Gasteiger partial charge < -0.3 is 0 Å². The first-order valence-corrected chi connectivity index (χ1v) is 6.21. The third kappa shape index (κ3) is 3.30. The second-order valence-electron chi connectivity index (χ2n) is 3.70. The third-order valence-corrected chi connectivity index (χ3v) is 3.74. The second-order valence-corrected chi connectivity index (χ2v) is 5.24. The maximum atomic E-state index is 12.4. The van der Waals surface area contributed by atoms with Gasteiger partial charge in [0.15, 0.2) is 0 Å². The van der Waals surface area contributed by atoms with Crippen molar-refractivity contribution in [2.75, 3.05) is 26.2 Å². The first kappa shape index (κ1) is 13.7. The average molecular weight is 261 g/mol. The van der Waals surface area contributed by atoms with Crippen LogP contribution in [0, 0.1) is 0 Å². The van der Waals surface area contributed by atoms with Gasteiger partial charge in [0.05, 0.1) is 0 Å². The van der Waals surface area contributed by atoms with E-state index in [9.17, 15) is 21.6 Å². The topological polar surface area (TPSA) is 66.6 Å².